The quantitative estimate of drug-likeness (QED) is 0.383. The average Bonchev–Trinajstić information content (AvgIpc) is 2.79. The third kappa shape index (κ3) is 5.08. The maximum absolute atomic E-state index is 13.1. The van der Waals surface area contributed by atoms with Gasteiger partial charge in [0.15, 0.2) is 0 Å². The van der Waals surface area contributed by atoms with E-state index in [9.17, 15) is 14.4 Å². The van der Waals surface area contributed by atoms with Crippen molar-refractivity contribution in [3.63, 3.8) is 0 Å². The maximum atomic E-state index is 13.1. The lowest BCUT2D eigenvalue weighted by atomic mass is 10.1. The van der Waals surface area contributed by atoms with Crippen LogP contribution in [0.4, 0.5) is 10.5 Å². The van der Waals surface area contributed by atoms with E-state index < -0.39 is 17.8 Å². The van der Waals surface area contributed by atoms with Crippen molar-refractivity contribution in [1.82, 2.24) is 5.32 Å². The highest BCUT2D eigenvalue weighted by atomic mass is 35.5. The fraction of sp³-hybridized carbons (Fsp3) is 0.0800. The van der Waals surface area contributed by atoms with Gasteiger partial charge < -0.3 is 4.74 Å². The number of nitrogens with one attached hydrogen (secondary N) is 1. The van der Waals surface area contributed by atoms with E-state index in [1.165, 1.54) is 12.1 Å². The maximum Gasteiger partial charge on any atom is 0.335 e. The second kappa shape index (κ2) is 9.48. The smallest absolute Gasteiger partial charge is 0.335 e. The number of aryl methyl sites for hydroxylation is 1. The summed E-state index contributed by atoms with van der Waals surface area (Å²) in [6.45, 7) is 2.11. The molecule has 0 radical (unpaired) electrons. The van der Waals surface area contributed by atoms with E-state index in [0.717, 1.165) is 10.5 Å². The minimum atomic E-state index is -0.821. The van der Waals surface area contributed by atoms with Gasteiger partial charge in [-0.25, -0.2) is 9.69 Å². The van der Waals surface area contributed by atoms with Crippen molar-refractivity contribution in [1.29, 1.82) is 0 Å². The topological polar surface area (TPSA) is 75.7 Å². The highest BCUT2D eigenvalue weighted by Gasteiger charge is 2.37. The van der Waals surface area contributed by atoms with Crippen LogP contribution in [0.1, 0.15) is 16.7 Å². The first kappa shape index (κ1) is 22.6. The third-order valence-electron chi connectivity index (χ3n) is 5.02. The lowest BCUT2D eigenvalue weighted by Crippen LogP contribution is -2.54. The zero-order valence-corrected chi connectivity index (χ0v) is 19.0. The summed E-state index contributed by atoms with van der Waals surface area (Å²) in [6, 6.07) is 18.3. The molecule has 3 aromatic carbocycles. The number of anilines is 1. The number of urea groups is 1. The van der Waals surface area contributed by atoms with E-state index in [1.54, 1.807) is 55.5 Å². The van der Waals surface area contributed by atoms with Gasteiger partial charge in [0.2, 0.25) is 0 Å². The van der Waals surface area contributed by atoms with Crippen molar-refractivity contribution in [3.8, 4) is 5.75 Å². The second-order valence-electron chi connectivity index (χ2n) is 7.37. The third-order valence-corrected chi connectivity index (χ3v) is 5.51. The number of benzene rings is 3. The molecule has 0 spiro atoms. The molecule has 1 N–H and O–H groups in total. The number of nitrogens with zero attached hydrogens (tertiary/aromatic N) is 1. The van der Waals surface area contributed by atoms with Crippen LogP contribution in [0.5, 0.6) is 5.75 Å². The molecule has 6 nitrogen and oxygen atoms in total. The van der Waals surface area contributed by atoms with Crippen LogP contribution >= 0.6 is 23.2 Å². The first-order valence-electron chi connectivity index (χ1n) is 9.97. The Morgan fingerprint density at radius 2 is 1.58 bits per heavy atom. The molecule has 4 amide bonds. The molecule has 1 aliphatic heterocycles. The minimum absolute atomic E-state index is 0.163. The van der Waals surface area contributed by atoms with Crippen molar-refractivity contribution < 1.29 is 19.1 Å². The van der Waals surface area contributed by atoms with Crippen molar-refractivity contribution in [2.75, 3.05) is 4.90 Å². The summed E-state index contributed by atoms with van der Waals surface area (Å²) in [5.74, 6) is -0.862. The zero-order valence-electron chi connectivity index (χ0n) is 17.5. The summed E-state index contributed by atoms with van der Waals surface area (Å²) in [4.78, 5) is 38.8. The zero-order chi connectivity index (χ0) is 23.5. The fourth-order valence-corrected chi connectivity index (χ4v) is 3.57. The molecule has 1 aliphatic rings. The molecule has 0 aromatic heterocycles. The standard InChI is InChI=1S/C25H18Cl2N2O4/c1-15-2-7-19(27)13-22(15)29-24(31)21(23(30)28-25(29)32)12-16-5-10-20(11-6-16)33-14-17-3-8-18(26)9-4-17/h2-13H,14H2,1H3,(H,28,30,32)/b21-12+. The average molecular weight is 481 g/mol. The number of hydrogen-bond acceptors (Lipinski definition) is 4. The Morgan fingerprint density at radius 3 is 2.27 bits per heavy atom. The molecule has 1 fully saturated rings. The molecule has 0 atom stereocenters. The summed E-state index contributed by atoms with van der Waals surface area (Å²) in [6.07, 6.45) is 1.43. The normalized spacial score (nSPS) is 15.1. The van der Waals surface area contributed by atoms with Crippen LogP contribution in [0.25, 0.3) is 6.08 Å². The van der Waals surface area contributed by atoms with E-state index >= 15 is 0 Å². The minimum Gasteiger partial charge on any atom is -0.489 e. The number of halogens is 2. The predicted molar refractivity (Wildman–Crippen MR) is 127 cm³/mol. The summed E-state index contributed by atoms with van der Waals surface area (Å²) < 4.78 is 5.76. The van der Waals surface area contributed by atoms with E-state index in [4.69, 9.17) is 27.9 Å². The molecule has 0 aliphatic carbocycles. The Bertz CT molecular complexity index is 1270. The van der Waals surface area contributed by atoms with Gasteiger partial charge in [0.25, 0.3) is 11.8 Å². The van der Waals surface area contributed by atoms with Gasteiger partial charge in [-0.15, -0.1) is 0 Å². The molecular weight excluding hydrogens is 463 g/mol. The second-order valence-corrected chi connectivity index (χ2v) is 8.25. The number of imide groups is 2. The van der Waals surface area contributed by atoms with Gasteiger partial charge in [0, 0.05) is 10.0 Å². The van der Waals surface area contributed by atoms with Crippen LogP contribution < -0.4 is 15.0 Å². The van der Waals surface area contributed by atoms with Crippen LogP contribution in [0.3, 0.4) is 0 Å². The van der Waals surface area contributed by atoms with E-state index in [2.05, 4.69) is 5.32 Å². The lowest BCUT2D eigenvalue weighted by molar-refractivity contribution is -0.122. The van der Waals surface area contributed by atoms with Gasteiger partial charge in [0.05, 0.1) is 5.69 Å². The fourth-order valence-electron chi connectivity index (χ4n) is 3.27. The Balaban J connectivity index is 1.54. The molecule has 0 bridgehead atoms. The number of amides is 4. The molecule has 0 saturated carbocycles. The number of hydrogen-bond donors (Lipinski definition) is 1. The number of ether oxygens (including phenoxy) is 1. The number of carbonyl (C=O) groups is 3. The SMILES string of the molecule is Cc1ccc(Cl)cc1N1C(=O)NC(=O)/C(=C\c2ccc(OCc3ccc(Cl)cc3)cc2)C1=O. The Kier molecular flexibility index (Phi) is 6.49. The highest BCUT2D eigenvalue weighted by molar-refractivity contribution is 6.39. The summed E-state index contributed by atoms with van der Waals surface area (Å²) >= 11 is 11.9. The summed E-state index contributed by atoms with van der Waals surface area (Å²) in [5, 5.41) is 3.23. The van der Waals surface area contributed by atoms with Gasteiger partial charge >= 0.3 is 6.03 Å². The van der Waals surface area contributed by atoms with Crippen LogP contribution in [0.2, 0.25) is 10.0 Å². The predicted octanol–water partition coefficient (Wildman–Crippen LogP) is 5.55. The van der Waals surface area contributed by atoms with Crippen LogP contribution in [0, 0.1) is 6.92 Å². The Hall–Kier alpha value is -3.61. The molecule has 33 heavy (non-hydrogen) atoms. The van der Waals surface area contributed by atoms with E-state index in [-0.39, 0.29) is 5.57 Å². The number of rotatable bonds is 5. The van der Waals surface area contributed by atoms with E-state index in [1.807, 2.05) is 12.1 Å². The monoisotopic (exact) mass is 480 g/mol. The van der Waals surface area contributed by atoms with Crippen molar-refractivity contribution in [2.24, 2.45) is 0 Å². The molecule has 166 valence electrons. The summed E-state index contributed by atoms with van der Waals surface area (Å²) in [7, 11) is 0. The Morgan fingerprint density at radius 1 is 0.909 bits per heavy atom. The van der Waals surface area contributed by atoms with Crippen molar-refractivity contribution in [3.05, 3.63) is 99.0 Å². The first-order valence-corrected chi connectivity index (χ1v) is 10.7. The van der Waals surface area contributed by atoms with Crippen LogP contribution in [-0.2, 0) is 16.2 Å². The van der Waals surface area contributed by atoms with Gasteiger partial charge in [-0.05, 0) is 66.1 Å². The number of carbonyl (C=O) groups excluding carboxylic acids is 3. The molecule has 8 heteroatoms. The molecule has 0 unspecified atom stereocenters. The molecule has 4 rings (SSSR count). The van der Waals surface area contributed by atoms with Gasteiger partial charge in [-0.1, -0.05) is 53.5 Å². The highest BCUT2D eigenvalue weighted by Crippen LogP contribution is 2.28. The molecule has 1 heterocycles. The largest absolute Gasteiger partial charge is 0.489 e. The molecular formula is C25H18Cl2N2O4. The van der Waals surface area contributed by atoms with Crippen LogP contribution in [0.15, 0.2) is 72.3 Å². The van der Waals surface area contributed by atoms with Gasteiger partial charge in [-0.2, -0.15) is 0 Å². The van der Waals surface area contributed by atoms with Crippen molar-refractivity contribution in [2.45, 2.75) is 13.5 Å². The van der Waals surface area contributed by atoms with Crippen molar-refractivity contribution >= 4 is 52.8 Å². The number of barbiturate groups is 1. The molecule has 3 aromatic rings. The van der Waals surface area contributed by atoms with E-state index in [0.29, 0.717) is 39.2 Å². The lowest BCUT2D eigenvalue weighted by Gasteiger charge is -2.27. The Labute approximate surface area is 200 Å². The van der Waals surface area contributed by atoms with Gasteiger partial charge in [0.1, 0.15) is 17.9 Å². The van der Waals surface area contributed by atoms with Crippen LogP contribution in [-0.4, -0.2) is 17.8 Å². The molecule has 1 saturated heterocycles. The van der Waals surface area contributed by atoms with Gasteiger partial charge in [-0.3, -0.25) is 14.9 Å². The summed E-state index contributed by atoms with van der Waals surface area (Å²) in [5.41, 5.74) is 2.39. The first-order chi connectivity index (χ1) is 15.8.